The highest BCUT2D eigenvalue weighted by Crippen LogP contribution is 2.26. The second kappa shape index (κ2) is 9.51. The monoisotopic (exact) mass is 450 g/mol. The van der Waals surface area contributed by atoms with Crippen LogP contribution < -0.4 is 4.74 Å². The molecule has 0 bridgehead atoms. The van der Waals surface area contributed by atoms with E-state index in [0.29, 0.717) is 24.2 Å². The minimum atomic E-state index is -3.64. The van der Waals surface area contributed by atoms with Gasteiger partial charge in [-0.2, -0.15) is 9.57 Å². The smallest absolute Gasteiger partial charge is 0.215 e. The quantitative estimate of drug-likeness (QED) is 0.516. The van der Waals surface area contributed by atoms with Crippen molar-refractivity contribution in [3.63, 3.8) is 0 Å². The molecule has 4 rings (SSSR count). The number of benzene rings is 3. The van der Waals surface area contributed by atoms with Crippen molar-refractivity contribution in [1.82, 2.24) is 4.31 Å². The van der Waals surface area contributed by atoms with Crippen LogP contribution >= 0.6 is 0 Å². The van der Waals surface area contributed by atoms with Gasteiger partial charge in [-0.15, -0.1) is 0 Å². The zero-order chi connectivity index (χ0) is 22.6. The predicted octanol–water partition coefficient (Wildman–Crippen LogP) is 4.21. The van der Waals surface area contributed by atoms with Gasteiger partial charge in [0.1, 0.15) is 11.6 Å². The third kappa shape index (κ3) is 5.34. The van der Waals surface area contributed by atoms with Gasteiger partial charge < -0.3 is 4.74 Å². The van der Waals surface area contributed by atoms with Gasteiger partial charge in [0.05, 0.1) is 24.0 Å². The number of ether oxygens (including phenoxy) is 1. The van der Waals surface area contributed by atoms with Gasteiger partial charge >= 0.3 is 0 Å². The van der Waals surface area contributed by atoms with Crippen molar-refractivity contribution in [3.8, 4) is 11.8 Å². The molecule has 1 heterocycles. The molecule has 5 nitrogen and oxygen atoms in total. The van der Waals surface area contributed by atoms with Crippen molar-refractivity contribution in [2.75, 3.05) is 12.4 Å². The first-order valence-corrected chi connectivity index (χ1v) is 12.0. The number of nitrogens with zero attached hydrogens (tertiary/aromatic N) is 2. The van der Waals surface area contributed by atoms with Crippen LogP contribution in [0.5, 0.6) is 5.75 Å². The van der Waals surface area contributed by atoms with E-state index in [1.807, 2.05) is 18.2 Å². The van der Waals surface area contributed by atoms with Crippen LogP contribution in [0.4, 0.5) is 4.39 Å². The molecule has 3 aromatic rings. The molecule has 32 heavy (non-hydrogen) atoms. The second-order valence-corrected chi connectivity index (χ2v) is 9.90. The van der Waals surface area contributed by atoms with E-state index in [9.17, 15) is 12.8 Å². The highest BCUT2D eigenvalue weighted by molar-refractivity contribution is 7.89. The Morgan fingerprint density at radius 3 is 2.47 bits per heavy atom. The Kier molecular flexibility index (Phi) is 6.54. The van der Waals surface area contributed by atoms with Gasteiger partial charge in [-0.05, 0) is 59.0 Å². The Morgan fingerprint density at radius 1 is 0.969 bits per heavy atom. The molecule has 0 fully saturated rings. The van der Waals surface area contributed by atoms with Gasteiger partial charge in [0.15, 0.2) is 0 Å². The lowest BCUT2D eigenvalue weighted by Crippen LogP contribution is -2.33. The Hall–Kier alpha value is -3.21. The van der Waals surface area contributed by atoms with Crippen molar-refractivity contribution < 1.29 is 17.5 Å². The lowest BCUT2D eigenvalue weighted by molar-refractivity contribution is 0.357. The normalized spacial score (nSPS) is 12.9. The average Bonchev–Trinajstić information content (AvgIpc) is 3.26. The van der Waals surface area contributed by atoms with Crippen LogP contribution in [-0.2, 0) is 36.0 Å². The van der Waals surface area contributed by atoms with E-state index in [-0.39, 0.29) is 18.8 Å². The third-order valence-corrected chi connectivity index (χ3v) is 7.25. The molecule has 0 saturated heterocycles. The number of nitriles is 1. The van der Waals surface area contributed by atoms with Gasteiger partial charge in [-0.25, -0.2) is 12.8 Å². The molecule has 1 aliphatic heterocycles. The molecule has 0 saturated carbocycles. The Bertz CT molecular complexity index is 1250. The molecule has 0 aliphatic carbocycles. The first kappa shape index (κ1) is 22.0. The summed E-state index contributed by atoms with van der Waals surface area (Å²) in [6.07, 6.45) is 1.21. The van der Waals surface area contributed by atoms with Crippen molar-refractivity contribution in [1.29, 1.82) is 5.26 Å². The van der Waals surface area contributed by atoms with Crippen LogP contribution in [0.3, 0.4) is 0 Å². The largest absolute Gasteiger partial charge is 0.493 e. The van der Waals surface area contributed by atoms with Crippen LogP contribution in [0.1, 0.15) is 27.8 Å². The number of fused-ring (bicyclic) bond motifs is 1. The van der Waals surface area contributed by atoms with E-state index in [4.69, 9.17) is 10.00 Å². The fraction of sp³-hybridized carbons (Fsp3) is 0.240. The van der Waals surface area contributed by atoms with Crippen LogP contribution in [0.2, 0.25) is 0 Å². The molecule has 0 atom stereocenters. The van der Waals surface area contributed by atoms with E-state index in [1.54, 1.807) is 36.4 Å². The molecular weight excluding hydrogens is 427 g/mol. The summed E-state index contributed by atoms with van der Waals surface area (Å²) in [5, 5.41) is 9.00. The molecule has 0 unspecified atom stereocenters. The molecule has 7 heteroatoms. The van der Waals surface area contributed by atoms with E-state index >= 15 is 0 Å². The van der Waals surface area contributed by atoms with Gasteiger partial charge in [0, 0.05) is 19.5 Å². The summed E-state index contributed by atoms with van der Waals surface area (Å²) in [7, 11) is -3.64. The van der Waals surface area contributed by atoms with Gasteiger partial charge in [0.25, 0.3) is 0 Å². The summed E-state index contributed by atoms with van der Waals surface area (Å²) in [4.78, 5) is 0. The summed E-state index contributed by atoms with van der Waals surface area (Å²) >= 11 is 0. The van der Waals surface area contributed by atoms with E-state index < -0.39 is 15.8 Å². The second-order valence-electron chi connectivity index (χ2n) is 7.81. The first-order valence-electron chi connectivity index (χ1n) is 10.4. The van der Waals surface area contributed by atoms with Gasteiger partial charge in [0.2, 0.25) is 10.0 Å². The van der Waals surface area contributed by atoms with Crippen LogP contribution in [-0.4, -0.2) is 25.1 Å². The number of rotatable bonds is 8. The van der Waals surface area contributed by atoms with E-state index in [0.717, 1.165) is 28.9 Å². The maximum atomic E-state index is 13.7. The van der Waals surface area contributed by atoms with Crippen molar-refractivity contribution in [2.45, 2.75) is 25.9 Å². The summed E-state index contributed by atoms with van der Waals surface area (Å²) < 4.78 is 47.2. The highest BCUT2D eigenvalue weighted by atomic mass is 32.2. The van der Waals surface area contributed by atoms with Crippen molar-refractivity contribution in [2.24, 2.45) is 0 Å². The summed E-state index contributed by atoms with van der Waals surface area (Å²) in [5.41, 5.74) is 3.90. The Balaban J connectivity index is 1.54. The molecule has 0 amide bonds. The predicted molar refractivity (Wildman–Crippen MR) is 120 cm³/mol. The maximum Gasteiger partial charge on any atom is 0.215 e. The third-order valence-electron chi connectivity index (χ3n) is 5.49. The molecule has 1 aliphatic rings. The summed E-state index contributed by atoms with van der Waals surface area (Å²) in [6, 6.07) is 20.6. The molecular formula is C25H23FN2O3S. The summed E-state index contributed by atoms with van der Waals surface area (Å²) in [6.45, 7) is 0.865. The number of sulfonamides is 1. The Morgan fingerprint density at radius 2 is 1.72 bits per heavy atom. The first-order chi connectivity index (χ1) is 15.4. The number of aryl methyl sites for hydroxylation is 1. The minimum absolute atomic E-state index is 0.0573. The molecule has 0 radical (unpaired) electrons. The number of hydrogen-bond donors (Lipinski definition) is 0. The SMILES string of the molecule is N#Cc1ccc(CN(Cc2cccc(F)c2)S(=O)(=O)CCc2ccc3c(c2)CCO3)cc1. The Labute approximate surface area is 187 Å². The highest BCUT2D eigenvalue weighted by Gasteiger charge is 2.23. The molecule has 0 spiro atoms. The molecule has 3 aromatic carbocycles. The maximum absolute atomic E-state index is 13.7. The van der Waals surface area contributed by atoms with Gasteiger partial charge in [-0.1, -0.05) is 36.4 Å². The standard InChI is InChI=1S/C25H23FN2O3S/c26-24-3-1-2-22(15-24)18-28(17-21-6-4-20(16-27)5-7-21)32(29,30)13-11-19-8-9-25-23(14-19)10-12-31-25/h1-9,14-15H,10-13,17-18H2. The lowest BCUT2D eigenvalue weighted by atomic mass is 10.1. The zero-order valence-corrected chi connectivity index (χ0v) is 18.3. The van der Waals surface area contributed by atoms with Crippen molar-refractivity contribution in [3.05, 3.63) is 100 Å². The van der Waals surface area contributed by atoms with Crippen LogP contribution in [0, 0.1) is 17.1 Å². The average molecular weight is 451 g/mol. The number of halogens is 1. The molecule has 164 valence electrons. The fourth-order valence-corrected chi connectivity index (χ4v) is 5.19. The topological polar surface area (TPSA) is 70.4 Å². The zero-order valence-electron chi connectivity index (χ0n) is 17.5. The minimum Gasteiger partial charge on any atom is -0.493 e. The molecule has 0 aromatic heterocycles. The lowest BCUT2D eigenvalue weighted by Gasteiger charge is -2.23. The van der Waals surface area contributed by atoms with Gasteiger partial charge in [-0.3, -0.25) is 0 Å². The van der Waals surface area contributed by atoms with E-state index in [2.05, 4.69) is 6.07 Å². The van der Waals surface area contributed by atoms with Crippen molar-refractivity contribution >= 4 is 10.0 Å². The van der Waals surface area contributed by atoms with Crippen LogP contribution in [0.25, 0.3) is 0 Å². The number of hydrogen-bond acceptors (Lipinski definition) is 4. The van der Waals surface area contributed by atoms with Crippen LogP contribution in [0.15, 0.2) is 66.7 Å². The molecule has 0 N–H and O–H groups in total. The van der Waals surface area contributed by atoms with E-state index in [1.165, 1.54) is 16.4 Å². The summed E-state index contributed by atoms with van der Waals surface area (Å²) in [5.74, 6) is 0.404. The fourth-order valence-electron chi connectivity index (χ4n) is 3.75.